The Hall–Kier alpha value is -2.04. The molecule has 0 aromatic heterocycles. The maximum Gasteiger partial charge on any atom is 0.157 e. The normalized spacial score (nSPS) is 21.3. The SMILES string of the molecule is CC1(C)CC2CC(C)(C)Oc3c(C=O)c(O)c(C=O)c(c32)O1. The molecule has 1 aromatic rings. The van der Waals surface area contributed by atoms with E-state index in [-0.39, 0.29) is 22.8 Å². The smallest absolute Gasteiger partial charge is 0.157 e. The predicted octanol–water partition coefficient (Wildman–Crippen LogP) is 3.22. The van der Waals surface area contributed by atoms with Crippen molar-refractivity contribution in [2.45, 2.75) is 57.7 Å². The van der Waals surface area contributed by atoms with Gasteiger partial charge in [-0.25, -0.2) is 0 Å². The first-order valence-corrected chi connectivity index (χ1v) is 7.40. The molecule has 0 spiro atoms. The lowest BCUT2D eigenvalue weighted by atomic mass is 9.75. The standard InChI is InChI=1S/C17H20O5/c1-16(2)5-9-6-17(3,4)22-15-11(8-19)13(20)10(7-18)14(21-16)12(9)15/h7-9,20H,5-6H2,1-4H3. The Morgan fingerprint density at radius 3 is 1.73 bits per heavy atom. The van der Waals surface area contributed by atoms with Crippen LogP contribution in [0, 0.1) is 0 Å². The van der Waals surface area contributed by atoms with Gasteiger partial charge in [0.1, 0.15) is 28.5 Å². The van der Waals surface area contributed by atoms with Gasteiger partial charge in [0, 0.05) is 5.56 Å². The third-order valence-corrected chi connectivity index (χ3v) is 4.37. The summed E-state index contributed by atoms with van der Waals surface area (Å²) in [7, 11) is 0. The van der Waals surface area contributed by atoms with E-state index in [4.69, 9.17) is 9.47 Å². The molecule has 3 rings (SSSR count). The summed E-state index contributed by atoms with van der Waals surface area (Å²) in [6, 6.07) is 0. The second kappa shape index (κ2) is 4.48. The number of aromatic hydroxyl groups is 1. The van der Waals surface area contributed by atoms with Gasteiger partial charge in [-0.05, 0) is 46.5 Å². The minimum atomic E-state index is -0.449. The van der Waals surface area contributed by atoms with Gasteiger partial charge < -0.3 is 14.6 Å². The Labute approximate surface area is 129 Å². The summed E-state index contributed by atoms with van der Waals surface area (Å²) in [6.45, 7) is 7.82. The zero-order valence-electron chi connectivity index (χ0n) is 13.2. The lowest BCUT2D eigenvalue weighted by Crippen LogP contribution is -2.42. The largest absolute Gasteiger partial charge is 0.506 e. The van der Waals surface area contributed by atoms with Crippen molar-refractivity contribution in [1.29, 1.82) is 0 Å². The fourth-order valence-electron chi connectivity index (χ4n) is 3.66. The summed E-state index contributed by atoms with van der Waals surface area (Å²) in [5.41, 5.74) is -0.102. The van der Waals surface area contributed by atoms with E-state index in [1.165, 1.54) is 0 Å². The van der Waals surface area contributed by atoms with Crippen LogP contribution in [-0.4, -0.2) is 28.9 Å². The number of rotatable bonds is 2. The topological polar surface area (TPSA) is 72.8 Å². The van der Waals surface area contributed by atoms with Crippen LogP contribution >= 0.6 is 0 Å². The summed E-state index contributed by atoms with van der Waals surface area (Å²) in [5.74, 6) is 0.457. The predicted molar refractivity (Wildman–Crippen MR) is 80.3 cm³/mol. The molecule has 0 aliphatic carbocycles. The van der Waals surface area contributed by atoms with Crippen molar-refractivity contribution in [3.63, 3.8) is 0 Å². The van der Waals surface area contributed by atoms with Crippen molar-refractivity contribution >= 4 is 12.6 Å². The summed E-state index contributed by atoms with van der Waals surface area (Å²) in [6.07, 6.45) is 2.61. The van der Waals surface area contributed by atoms with Crippen LogP contribution in [0.5, 0.6) is 17.2 Å². The van der Waals surface area contributed by atoms with Crippen LogP contribution in [0.25, 0.3) is 0 Å². The highest BCUT2D eigenvalue weighted by Crippen LogP contribution is 2.56. The number of phenolic OH excluding ortho intramolecular Hbond substituents is 1. The molecule has 2 aliphatic heterocycles. The van der Waals surface area contributed by atoms with E-state index in [2.05, 4.69) is 0 Å². The van der Waals surface area contributed by atoms with Crippen molar-refractivity contribution < 1.29 is 24.2 Å². The number of aldehydes is 2. The second-order valence-electron chi connectivity index (χ2n) is 7.31. The molecule has 118 valence electrons. The summed E-state index contributed by atoms with van der Waals surface area (Å²) < 4.78 is 11.9. The number of phenols is 1. The highest BCUT2D eigenvalue weighted by Gasteiger charge is 2.46. The lowest BCUT2D eigenvalue weighted by molar-refractivity contribution is 0.0191. The van der Waals surface area contributed by atoms with Gasteiger partial charge in [0.05, 0.1) is 11.1 Å². The summed E-state index contributed by atoms with van der Waals surface area (Å²) in [4.78, 5) is 22.9. The van der Waals surface area contributed by atoms with Gasteiger partial charge in [0.2, 0.25) is 0 Å². The molecule has 0 unspecified atom stereocenters. The Morgan fingerprint density at radius 2 is 1.36 bits per heavy atom. The zero-order valence-corrected chi connectivity index (χ0v) is 13.2. The molecule has 0 saturated carbocycles. The van der Waals surface area contributed by atoms with E-state index in [9.17, 15) is 14.7 Å². The monoisotopic (exact) mass is 304 g/mol. The Kier molecular flexibility index (Phi) is 3.03. The number of hydrogen-bond donors (Lipinski definition) is 1. The number of carbonyl (C=O) groups excluding carboxylic acids is 2. The minimum Gasteiger partial charge on any atom is -0.506 e. The molecule has 0 amide bonds. The fraction of sp³-hybridized carbons (Fsp3) is 0.529. The van der Waals surface area contributed by atoms with Gasteiger partial charge in [-0.15, -0.1) is 0 Å². The van der Waals surface area contributed by atoms with E-state index in [0.29, 0.717) is 24.1 Å². The summed E-state index contributed by atoms with van der Waals surface area (Å²) in [5, 5.41) is 10.3. The van der Waals surface area contributed by atoms with E-state index in [0.717, 1.165) is 18.4 Å². The van der Waals surface area contributed by atoms with Crippen LogP contribution < -0.4 is 9.47 Å². The lowest BCUT2D eigenvalue weighted by Gasteiger charge is -2.46. The van der Waals surface area contributed by atoms with Gasteiger partial charge >= 0.3 is 0 Å². The Morgan fingerprint density at radius 1 is 0.955 bits per heavy atom. The van der Waals surface area contributed by atoms with Crippen LogP contribution in [0.1, 0.15) is 72.7 Å². The Bertz CT molecular complexity index is 619. The molecular weight excluding hydrogens is 284 g/mol. The van der Waals surface area contributed by atoms with E-state index >= 15 is 0 Å². The first-order valence-electron chi connectivity index (χ1n) is 7.40. The molecule has 1 N–H and O–H groups in total. The maximum absolute atomic E-state index is 11.4. The van der Waals surface area contributed by atoms with Crippen LogP contribution in [-0.2, 0) is 0 Å². The van der Waals surface area contributed by atoms with E-state index < -0.39 is 11.2 Å². The molecule has 0 bridgehead atoms. The van der Waals surface area contributed by atoms with Crippen LogP contribution in [0.4, 0.5) is 0 Å². The molecule has 2 heterocycles. The fourth-order valence-corrected chi connectivity index (χ4v) is 3.66. The molecule has 0 saturated heterocycles. The highest BCUT2D eigenvalue weighted by atomic mass is 16.5. The molecular formula is C17H20O5. The summed E-state index contributed by atoms with van der Waals surface area (Å²) >= 11 is 0. The number of benzene rings is 1. The van der Waals surface area contributed by atoms with Gasteiger partial charge in [-0.3, -0.25) is 9.59 Å². The third-order valence-electron chi connectivity index (χ3n) is 4.37. The van der Waals surface area contributed by atoms with Gasteiger partial charge in [0.15, 0.2) is 12.6 Å². The molecule has 0 atom stereocenters. The van der Waals surface area contributed by atoms with Crippen molar-refractivity contribution in [1.82, 2.24) is 0 Å². The minimum absolute atomic E-state index is 0.0296. The average molecular weight is 304 g/mol. The first-order chi connectivity index (χ1) is 10.2. The molecule has 0 fully saturated rings. The van der Waals surface area contributed by atoms with Crippen molar-refractivity contribution in [2.24, 2.45) is 0 Å². The molecule has 2 aliphatic rings. The number of hydrogen-bond acceptors (Lipinski definition) is 5. The van der Waals surface area contributed by atoms with Gasteiger partial charge in [0.25, 0.3) is 0 Å². The second-order valence-corrected chi connectivity index (χ2v) is 7.31. The average Bonchev–Trinajstić information content (AvgIpc) is 2.35. The highest BCUT2D eigenvalue weighted by molar-refractivity contribution is 5.95. The van der Waals surface area contributed by atoms with Crippen molar-refractivity contribution in [3.05, 3.63) is 16.7 Å². The van der Waals surface area contributed by atoms with Crippen LogP contribution in [0.2, 0.25) is 0 Å². The molecule has 0 radical (unpaired) electrons. The third kappa shape index (κ3) is 2.07. The number of carbonyl (C=O) groups is 2. The molecule has 5 heteroatoms. The van der Waals surface area contributed by atoms with Gasteiger partial charge in [-0.2, -0.15) is 0 Å². The Balaban J connectivity index is 2.37. The zero-order chi connectivity index (χ0) is 16.3. The maximum atomic E-state index is 11.4. The molecule has 22 heavy (non-hydrogen) atoms. The molecule has 5 nitrogen and oxygen atoms in total. The molecule has 1 aromatic carbocycles. The van der Waals surface area contributed by atoms with Gasteiger partial charge in [-0.1, -0.05) is 0 Å². The first kappa shape index (κ1) is 14.9. The van der Waals surface area contributed by atoms with Crippen molar-refractivity contribution in [3.8, 4) is 17.2 Å². The van der Waals surface area contributed by atoms with Crippen LogP contribution in [0.15, 0.2) is 0 Å². The number of ether oxygens (including phenoxy) is 2. The van der Waals surface area contributed by atoms with Crippen molar-refractivity contribution in [2.75, 3.05) is 0 Å². The van der Waals surface area contributed by atoms with Crippen LogP contribution in [0.3, 0.4) is 0 Å². The van der Waals surface area contributed by atoms with E-state index in [1.54, 1.807) is 0 Å². The van der Waals surface area contributed by atoms with E-state index in [1.807, 2.05) is 27.7 Å². The quantitative estimate of drug-likeness (QED) is 0.849.